The van der Waals surface area contributed by atoms with E-state index in [-0.39, 0.29) is 46.7 Å². The number of ether oxygens (including phenoxy) is 3. The number of nitrogen functional groups attached to an aromatic ring is 2. The molecule has 0 radical (unpaired) electrons. The summed E-state index contributed by atoms with van der Waals surface area (Å²) in [4.78, 5) is 78.1. The van der Waals surface area contributed by atoms with Crippen LogP contribution in [0.4, 0.5) is 11.9 Å². The summed E-state index contributed by atoms with van der Waals surface area (Å²) in [7, 11) is -10.4. The summed E-state index contributed by atoms with van der Waals surface area (Å²) in [6.45, 7) is -1.67. The summed E-state index contributed by atoms with van der Waals surface area (Å²) in [5.74, 6) is 1.74. The number of hydrogen-bond donors (Lipinski definition) is 9. The van der Waals surface area contributed by atoms with Crippen LogP contribution in [0.2, 0.25) is 0 Å². The molecular formula is C23H30N10O14P2. The fraction of sp³-hybridized carbons (Fsp3) is 0.478. The van der Waals surface area contributed by atoms with E-state index >= 15 is 0 Å². The van der Waals surface area contributed by atoms with E-state index in [9.17, 15) is 34.6 Å². The molecule has 3 aliphatic heterocycles. The monoisotopic (exact) mass is 732 g/mol. The molecule has 0 aromatic carbocycles. The van der Waals surface area contributed by atoms with E-state index in [4.69, 9.17) is 50.2 Å². The Labute approximate surface area is 273 Å². The second-order valence-corrected chi connectivity index (χ2v) is 14.2. The van der Waals surface area contributed by atoms with Crippen molar-refractivity contribution in [1.29, 1.82) is 0 Å². The maximum absolute atomic E-state index is 12.3. The van der Waals surface area contributed by atoms with Crippen molar-refractivity contribution in [2.75, 3.05) is 31.3 Å². The number of aromatic amines is 1. The topological polar surface area (TPSA) is 345 Å². The number of hydrogen-bond acceptors (Lipinski definition) is 21. The summed E-state index contributed by atoms with van der Waals surface area (Å²) >= 11 is 0. The van der Waals surface area contributed by atoms with Crippen molar-refractivity contribution in [1.82, 2.24) is 39.0 Å². The van der Waals surface area contributed by atoms with Gasteiger partial charge in [-0.3, -0.25) is 0 Å². The molecule has 0 saturated carbocycles. The fourth-order valence-corrected chi connectivity index (χ4v) is 7.89. The fourth-order valence-electron chi connectivity index (χ4n) is 5.69. The van der Waals surface area contributed by atoms with Crippen LogP contribution in [0, 0.1) is 12.3 Å². The summed E-state index contributed by atoms with van der Waals surface area (Å²) in [5.41, 5.74) is 10.7. The summed E-state index contributed by atoms with van der Waals surface area (Å²) < 4.78 is 41.1. The molecule has 7 heterocycles. The van der Waals surface area contributed by atoms with Crippen LogP contribution in [-0.2, 0) is 27.6 Å². The molecule has 266 valence electrons. The number of aliphatic hydroxyl groups excluding tert-OH is 2. The molecule has 3 saturated heterocycles. The number of fused-ring (bicyclic) bond motifs is 4. The molecule has 8 atom stereocenters. The van der Waals surface area contributed by atoms with E-state index in [0.717, 1.165) is 10.9 Å². The van der Waals surface area contributed by atoms with Crippen LogP contribution in [0.3, 0.4) is 0 Å². The van der Waals surface area contributed by atoms with Crippen molar-refractivity contribution in [3.63, 3.8) is 0 Å². The van der Waals surface area contributed by atoms with Crippen LogP contribution in [-0.4, -0.2) is 125 Å². The summed E-state index contributed by atoms with van der Waals surface area (Å²) in [5, 5.41) is 22.5. The van der Waals surface area contributed by atoms with Gasteiger partial charge in [-0.1, -0.05) is 0 Å². The molecule has 4 aromatic heterocycles. The molecule has 4 aromatic rings. The Balaban J connectivity index is 1.16. The number of nitrogens with two attached hydrogens (primary N) is 2. The van der Waals surface area contributed by atoms with Gasteiger partial charge >= 0.3 is 273 Å². The second kappa shape index (κ2) is 12.5. The van der Waals surface area contributed by atoms with Gasteiger partial charge in [-0.25, -0.2) is 0 Å². The van der Waals surface area contributed by atoms with Gasteiger partial charge in [0.15, 0.2) is 0 Å². The number of aliphatic hydroxyl groups is 2. The number of terminal acetylenes is 1. The summed E-state index contributed by atoms with van der Waals surface area (Å²) in [6, 6.07) is 0. The SMILES string of the molecule is C#CCOc1nc(N)nc2c1ncn2[C@@H]1O[C@@H]2CO[PH](O)(O)O[C@H]3[C@@H](O)[C@H](n4cnc5c(=O)[nH]c(N)nc54)O[C@@H]3CO[PH](O)(O)O[C@H]2[C@H]1O. The van der Waals surface area contributed by atoms with E-state index in [1.165, 1.54) is 10.9 Å². The van der Waals surface area contributed by atoms with Crippen LogP contribution >= 0.6 is 16.3 Å². The van der Waals surface area contributed by atoms with E-state index in [1.807, 2.05) is 0 Å². The molecule has 11 N–H and O–H groups in total. The third-order valence-electron chi connectivity index (χ3n) is 7.77. The Bertz CT molecular complexity index is 1990. The number of imidazole rings is 2. The van der Waals surface area contributed by atoms with Crippen molar-refractivity contribution in [3.05, 3.63) is 23.0 Å². The van der Waals surface area contributed by atoms with Gasteiger partial charge in [0.2, 0.25) is 0 Å². The number of H-pyrrole nitrogens is 1. The molecule has 0 bridgehead atoms. The number of anilines is 2. The van der Waals surface area contributed by atoms with Gasteiger partial charge in [0.1, 0.15) is 0 Å². The molecule has 3 fully saturated rings. The third kappa shape index (κ3) is 6.27. The first-order chi connectivity index (χ1) is 23.2. The van der Waals surface area contributed by atoms with E-state index in [2.05, 4.69) is 35.8 Å². The normalized spacial score (nSPS) is 32.8. The van der Waals surface area contributed by atoms with Gasteiger partial charge in [-0.05, 0) is 0 Å². The van der Waals surface area contributed by atoms with Crippen molar-refractivity contribution in [2.45, 2.75) is 49.1 Å². The number of nitrogens with zero attached hydrogens (tertiary/aromatic N) is 7. The predicted octanol–water partition coefficient (Wildman–Crippen LogP) is -3.74. The molecule has 0 spiro atoms. The van der Waals surface area contributed by atoms with E-state index < -0.39 is 84.2 Å². The number of rotatable bonds is 4. The summed E-state index contributed by atoms with van der Waals surface area (Å²) in [6.07, 6.45) is -4.74. The minimum absolute atomic E-state index is 0.0348. The molecule has 24 nitrogen and oxygen atoms in total. The second-order valence-electron chi connectivity index (χ2n) is 11.0. The molecule has 49 heavy (non-hydrogen) atoms. The van der Waals surface area contributed by atoms with Gasteiger partial charge in [0.25, 0.3) is 0 Å². The molecule has 0 aliphatic carbocycles. The van der Waals surface area contributed by atoms with Crippen LogP contribution in [0.1, 0.15) is 12.5 Å². The first kappa shape index (κ1) is 33.7. The average molecular weight is 732 g/mol. The van der Waals surface area contributed by atoms with Crippen molar-refractivity contribution in [3.8, 4) is 18.2 Å². The van der Waals surface area contributed by atoms with Gasteiger partial charge < -0.3 is 0 Å². The van der Waals surface area contributed by atoms with Gasteiger partial charge in [-0.15, -0.1) is 0 Å². The standard InChI is InChI=1S/C23H30N10O14P2/c1-2-3-41-19-11-17(29-23(25)31-19)33(7-27-11)21-13(35)15-9(45-21)5-43-48(37,38)46-14-8(4-42-49(39,40)47-15)44-20(12(14)34)32-6-26-10-16(32)28-22(24)30-18(10)36/h1,6-9,12-15,20-21,34-35,37-40,48-49H,3-5H2,(H2,25,29,31)(H3,24,28,30,36)/t8-,9-,12-,13-,14-,15-,20-,21-/m1/s1. The quantitative estimate of drug-likeness (QED) is 0.0719. The van der Waals surface area contributed by atoms with Crippen LogP contribution in [0.5, 0.6) is 5.88 Å². The molecular weight excluding hydrogens is 702 g/mol. The average Bonchev–Trinajstić information content (AvgIpc) is 3.79. The van der Waals surface area contributed by atoms with Gasteiger partial charge in [-0.2, -0.15) is 0 Å². The zero-order valence-electron chi connectivity index (χ0n) is 24.7. The Morgan fingerprint density at radius 1 is 0.898 bits per heavy atom. The Morgan fingerprint density at radius 3 is 1.98 bits per heavy atom. The van der Waals surface area contributed by atoms with Crippen LogP contribution in [0.15, 0.2) is 17.4 Å². The molecule has 0 unspecified atom stereocenters. The first-order valence-electron chi connectivity index (χ1n) is 14.2. The van der Waals surface area contributed by atoms with E-state index in [1.54, 1.807) is 0 Å². The molecule has 3 aliphatic rings. The Hall–Kier alpha value is -3.76. The molecule has 7 rings (SSSR count). The predicted molar refractivity (Wildman–Crippen MR) is 164 cm³/mol. The van der Waals surface area contributed by atoms with Gasteiger partial charge in [0, 0.05) is 0 Å². The van der Waals surface area contributed by atoms with Crippen molar-refractivity contribution >= 4 is 50.6 Å². The Kier molecular flexibility index (Phi) is 8.63. The molecule has 0 amide bonds. The van der Waals surface area contributed by atoms with Crippen LogP contribution < -0.4 is 21.8 Å². The Morgan fingerprint density at radius 2 is 1.43 bits per heavy atom. The minimum atomic E-state index is -5.19. The van der Waals surface area contributed by atoms with Crippen LogP contribution in [0.25, 0.3) is 22.3 Å². The zero-order chi connectivity index (χ0) is 34.8. The van der Waals surface area contributed by atoms with Crippen molar-refractivity contribution in [2.24, 2.45) is 0 Å². The number of aromatic nitrogens is 8. The molecule has 26 heteroatoms. The maximum atomic E-state index is 12.3. The first-order valence-corrected chi connectivity index (χ1v) is 17.7. The van der Waals surface area contributed by atoms with Gasteiger partial charge in [0.05, 0.1) is 0 Å². The zero-order valence-corrected chi connectivity index (χ0v) is 26.7. The van der Waals surface area contributed by atoms with Crippen molar-refractivity contribution < 1.29 is 62.1 Å². The number of nitrogens with one attached hydrogen (secondary N) is 1. The third-order valence-corrected chi connectivity index (χ3v) is 10.0. The van der Waals surface area contributed by atoms with E-state index in [0.29, 0.717) is 0 Å².